The first-order valence-electron chi connectivity index (χ1n) is 12.6. The largest absolute Gasteiger partial charge is 0.449 e. The van der Waals surface area contributed by atoms with Crippen molar-refractivity contribution in [1.29, 1.82) is 0 Å². The second-order valence-electron chi connectivity index (χ2n) is 9.01. The average Bonchev–Trinajstić information content (AvgIpc) is 3.54. The minimum absolute atomic E-state index is 1.17. The van der Waals surface area contributed by atoms with Gasteiger partial charge < -0.3 is 4.74 Å². The van der Waals surface area contributed by atoms with Crippen molar-refractivity contribution in [3.63, 3.8) is 0 Å². The molecule has 0 atom stereocenters. The van der Waals surface area contributed by atoms with Gasteiger partial charge in [0.1, 0.15) is 0 Å². The summed E-state index contributed by atoms with van der Waals surface area (Å²) in [5.74, 6) is 2.40. The van der Waals surface area contributed by atoms with Crippen LogP contribution in [0.4, 0.5) is 0 Å². The first kappa shape index (κ1) is 22.2. The van der Waals surface area contributed by atoms with Crippen molar-refractivity contribution >= 4 is 10.8 Å². The van der Waals surface area contributed by atoms with Crippen LogP contribution < -0.4 is 4.74 Å². The summed E-state index contributed by atoms with van der Waals surface area (Å²) < 4.78 is 6.00. The summed E-state index contributed by atoms with van der Waals surface area (Å²) in [6.45, 7) is 4.59. The van der Waals surface area contributed by atoms with E-state index in [0.717, 1.165) is 0 Å². The zero-order valence-corrected chi connectivity index (χ0v) is 19.0. The molecule has 2 aromatic carbocycles. The normalized spacial score (nSPS) is 12.2. The molecule has 0 saturated heterocycles. The smallest absolute Gasteiger partial charge is 0.178 e. The molecule has 1 heteroatoms. The van der Waals surface area contributed by atoms with Crippen molar-refractivity contribution in [3.8, 4) is 11.5 Å². The fraction of sp³-hybridized carbons (Fsp3) is 0.643. The molecule has 29 heavy (non-hydrogen) atoms. The van der Waals surface area contributed by atoms with Crippen LogP contribution in [0.25, 0.3) is 10.8 Å². The van der Waals surface area contributed by atoms with E-state index < -0.39 is 0 Å². The number of fused-ring (bicyclic) bond motifs is 3. The Morgan fingerprint density at radius 2 is 1.00 bits per heavy atom. The second-order valence-corrected chi connectivity index (χ2v) is 9.01. The van der Waals surface area contributed by atoms with Crippen LogP contribution in [0.3, 0.4) is 0 Å². The molecule has 0 saturated carbocycles. The van der Waals surface area contributed by atoms with Crippen molar-refractivity contribution < 1.29 is 4.74 Å². The molecule has 0 N–H and O–H groups in total. The van der Waals surface area contributed by atoms with E-state index in [1.807, 2.05) is 0 Å². The minimum atomic E-state index is 1.17. The number of hydrogen-bond acceptors (Lipinski definition) is 1. The standard InChI is InChI=1S/C28H42O/c1-3-5-7-9-11-13-15-19-23-24-20-17-18-22-26(24)28-27(29-28)25(23)21-16-14-12-10-8-6-4-2/h17-18,20,22H,3-16,19,21H2,1-2H3. The van der Waals surface area contributed by atoms with Crippen LogP contribution in [0.1, 0.15) is 115 Å². The van der Waals surface area contributed by atoms with Crippen LogP contribution in [0, 0.1) is 0 Å². The third kappa shape index (κ3) is 6.49. The maximum atomic E-state index is 6.00. The number of unbranched alkanes of at least 4 members (excludes halogenated alkanes) is 12. The topological polar surface area (TPSA) is 12.5 Å². The van der Waals surface area contributed by atoms with E-state index >= 15 is 0 Å². The summed E-state index contributed by atoms with van der Waals surface area (Å²) in [7, 11) is 0. The Labute approximate surface area is 179 Å². The predicted octanol–water partition coefficient (Wildman–Crippen LogP) is 9.53. The molecule has 0 bridgehead atoms. The average molecular weight is 395 g/mol. The van der Waals surface area contributed by atoms with Gasteiger partial charge >= 0.3 is 0 Å². The van der Waals surface area contributed by atoms with Crippen molar-refractivity contribution in [2.75, 3.05) is 0 Å². The van der Waals surface area contributed by atoms with Gasteiger partial charge in [-0.2, -0.15) is 0 Å². The number of aryl methyl sites for hydroxylation is 1. The van der Waals surface area contributed by atoms with E-state index in [0.29, 0.717) is 0 Å². The molecule has 2 aromatic rings. The molecule has 1 aliphatic rings. The highest BCUT2D eigenvalue weighted by Crippen LogP contribution is 2.55. The van der Waals surface area contributed by atoms with Crippen LogP contribution in [0.15, 0.2) is 24.3 Å². The molecule has 1 aliphatic heterocycles. The Kier molecular flexibility index (Phi) is 9.38. The highest BCUT2D eigenvalue weighted by atomic mass is 16.6. The lowest BCUT2D eigenvalue weighted by molar-refractivity contribution is 0.580. The lowest BCUT2D eigenvalue weighted by Gasteiger charge is -2.11. The van der Waals surface area contributed by atoms with Crippen molar-refractivity contribution in [2.24, 2.45) is 0 Å². The van der Waals surface area contributed by atoms with Gasteiger partial charge in [0.2, 0.25) is 0 Å². The van der Waals surface area contributed by atoms with Gasteiger partial charge in [-0.05, 0) is 36.6 Å². The monoisotopic (exact) mass is 394 g/mol. The molecule has 1 nitrogen and oxygen atoms in total. The van der Waals surface area contributed by atoms with E-state index in [9.17, 15) is 0 Å². The molecule has 0 aromatic heterocycles. The van der Waals surface area contributed by atoms with Gasteiger partial charge in [0.25, 0.3) is 0 Å². The first-order chi connectivity index (χ1) is 14.4. The quantitative estimate of drug-likeness (QED) is 0.174. The number of hydrogen-bond donors (Lipinski definition) is 0. The van der Waals surface area contributed by atoms with Crippen LogP contribution in [0.5, 0.6) is 11.5 Å². The maximum absolute atomic E-state index is 6.00. The van der Waals surface area contributed by atoms with Crippen LogP contribution in [0.2, 0.25) is 0 Å². The van der Waals surface area contributed by atoms with Crippen LogP contribution in [-0.2, 0) is 12.8 Å². The summed E-state index contributed by atoms with van der Waals surface area (Å²) in [5.41, 5.74) is 3.13. The summed E-state index contributed by atoms with van der Waals surface area (Å²) in [6, 6.07) is 8.91. The molecule has 3 rings (SSSR count). The summed E-state index contributed by atoms with van der Waals surface area (Å²) >= 11 is 0. The fourth-order valence-electron chi connectivity index (χ4n) is 4.76. The molecule has 160 valence electrons. The third-order valence-corrected chi connectivity index (χ3v) is 6.56. The van der Waals surface area contributed by atoms with Crippen LogP contribution >= 0.6 is 0 Å². The molecule has 0 aliphatic carbocycles. The molecular weight excluding hydrogens is 352 g/mol. The van der Waals surface area contributed by atoms with Crippen LogP contribution in [-0.4, -0.2) is 0 Å². The molecule has 0 radical (unpaired) electrons. The van der Waals surface area contributed by atoms with Gasteiger partial charge in [-0.15, -0.1) is 0 Å². The molecule has 0 amide bonds. The van der Waals surface area contributed by atoms with E-state index in [2.05, 4.69) is 38.1 Å². The second kappa shape index (κ2) is 12.3. The summed E-state index contributed by atoms with van der Waals surface area (Å²) in [5, 5.41) is 2.79. The Morgan fingerprint density at radius 3 is 1.59 bits per heavy atom. The first-order valence-corrected chi connectivity index (χ1v) is 12.6. The highest BCUT2D eigenvalue weighted by Gasteiger charge is 2.30. The number of benzene rings is 2. The van der Waals surface area contributed by atoms with Crippen molar-refractivity contribution in [1.82, 2.24) is 0 Å². The summed E-state index contributed by atoms with van der Waals surface area (Å²) in [4.78, 5) is 0. The molecule has 0 spiro atoms. The van der Waals surface area contributed by atoms with E-state index in [4.69, 9.17) is 4.74 Å². The van der Waals surface area contributed by atoms with Gasteiger partial charge in [-0.25, -0.2) is 0 Å². The predicted molar refractivity (Wildman–Crippen MR) is 127 cm³/mol. The van der Waals surface area contributed by atoms with Crippen molar-refractivity contribution in [3.05, 3.63) is 35.4 Å². The van der Waals surface area contributed by atoms with Gasteiger partial charge in [0.15, 0.2) is 11.5 Å². The van der Waals surface area contributed by atoms with Gasteiger partial charge in [-0.1, -0.05) is 115 Å². The Bertz CT molecular complexity index is 746. The summed E-state index contributed by atoms with van der Waals surface area (Å²) in [6.07, 6.45) is 21.7. The van der Waals surface area contributed by atoms with E-state index in [-0.39, 0.29) is 0 Å². The SMILES string of the molecule is CCCCCCCCCc1c2c(c3ccccc3c1CCCCCCCCC)O2. The third-order valence-electron chi connectivity index (χ3n) is 6.56. The van der Waals surface area contributed by atoms with Gasteiger partial charge in [-0.3, -0.25) is 0 Å². The van der Waals surface area contributed by atoms with Crippen molar-refractivity contribution in [2.45, 2.75) is 117 Å². The Morgan fingerprint density at radius 1 is 0.517 bits per heavy atom. The molecule has 0 unspecified atom stereocenters. The number of rotatable bonds is 16. The zero-order valence-electron chi connectivity index (χ0n) is 19.0. The molecule has 1 heterocycles. The van der Waals surface area contributed by atoms with Gasteiger partial charge in [0.05, 0.1) is 0 Å². The minimum Gasteiger partial charge on any atom is -0.449 e. The highest BCUT2D eigenvalue weighted by molar-refractivity contribution is 5.98. The fourth-order valence-corrected chi connectivity index (χ4v) is 4.76. The Balaban J connectivity index is 1.57. The number of ether oxygens (including phenoxy) is 1. The zero-order chi connectivity index (χ0) is 20.3. The lowest BCUT2D eigenvalue weighted by atomic mass is 9.91. The van der Waals surface area contributed by atoms with E-state index in [1.54, 1.807) is 11.1 Å². The van der Waals surface area contributed by atoms with Gasteiger partial charge in [0, 0.05) is 10.9 Å². The maximum Gasteiger partial charge on any atom is 0.178 e. The molecular formula is C28H42O. The molecule has 0 fully saturated rings. The lowest BCUT2D eigenvalue weighted by Crippen LogP contribution is -1.96. The van der Waals surface area contributed by atoms with E-state index in [1.165, 1.54) is 125 Å². The Hall–Kier alpha value is -1.50.